The van der Waals surface area contributed by atoms with Crippen LogP contribution in [0.3, 0.4) is 0 Å². The lowest BCUT2D eigenvalue weighted by atomic mass is 9.91. The van der Waals surface area contributed by atoms with Gasteiger partial charge in [0.25, 0.3) is 0 Å². The number of hydrogen-bond donors (Lipinski definition) is 0. The van der Waals surface area contributed by atoms with Gasteiger partial charge in [0, 0.05) is 12.0 Å². The molecular weight excluding hydrogens is 236 g/mol. The molecule has 0 saturated heterocycles. The number of benzene rings is 1. The van der Waals surface area contributed by atoms with Gasteiger partial charge in [-0.2, -0.15) is 5.26 Å². The smallest absolute Gasteiger partial charge is 0.158 e. The van der Waals surface area contributed by atoms with Crippen molar-refractivity contribution in [2.45, 2.75) is 26.2 Å². The van der Waals surface area contributed by atoms with Gasteiger partial charge in [0.2, 0.25) is 0 Å². The third kappa shape index (κ3) is 2.26. The van der Waals surface area contributed by atoms with E-state index in [1.165, 1.54) is 0 Å². The van der Waals surface area contributed by atoms with E-state index < -0.39 is 17.6 Å². The molecule has 0 amide bonds. The predicted molar refractivity (Wildman–Crippen MR) is 61.6 cm³/mol. The van der Waals surface area contributed by atoms with Crippen molar-refractivity contribution in [3.05, 3.63) is 35.4 Å². The van der Waals surface area contributed by atoms with Crippen LogP contribution in [0.1, 0.15) is 31.7 Å². The topological polar surface area (TPSA) is 40.9 Å². The molecule has 0 N–H and O–H groups in total. The number of carbonyl (C=O) groups excluding carboxylic acids is 1. The second-order valence-corrected chi connectivity index (χ2v) is 5.41. The highest BCUT2D eigenvalue weighted by molar-refractivity contribution is 5.93. The van der Waals surface area contributed by atoms with E-state index in [0.29, 0.717) is 0 Å². The van der Waals surface area contributed by atoms with Gasteiger partial charge < -0.3 is 0 Å². The zero-order valence-corrected chi connectivity index (χ0v) is 10.2. The fourth-order valence-electron chi connectivity index (χ4n) is 2.20. The van der Waals surface area contributed by atoms with Gasteiger partial charge in [0.05, 0.1) is 6.07 Å². The van der Waals surface area contributed by atoms with Crippen LogP contribution in [0.5, 0.6) is 0 Å². The zero-order chi connectivity index (χ0) is 13.5. The number of nitriles is 1. The van der Waals surface area contributed by atoms with Crippen LogP contribution in [-0.2, 0) is 4.79 Å². The summed E-state index contributed by atoms with van der Waals surface area (Å²) < 4.78 is 26.2. The molecule has 1 aromatic rings. The van der Waals surface area contributed by atoms with Crippen LogP contribution >= 0.6 is 0 Å². The van der Waals surface area contributed by atoms with Gasteiger partial charge in [-0.1, -0.05) is 13.8 Å². The van der Waals surface area contributed by atoms with Crippen LogP contribution in [0, 0.1) is 34.3 Å². The highest BCUT2D eigenvalue weighted by atomic mass is 19.1. The molecule has 1 saturated carbocycles. The maximum atomic E-state index is 13.1. The molecule has 1 aliphatic rings. The summed E-state index contributed by atoms with van der Waals surface area (Å²) in [7, 11) is 0. The van der Waals surface area contributed by atoms with E-state index in [1.807, 2.05) is 19.9 Å². The van der Waals surface area contributed by atoms with E-state index in [-0.39, 0.29) is 22.7 Å². The van der Waals surface area contributed by atoms with E-state index in [0.717, 1.165) is 24.6 Å². The summed E-state index contributed by atoms with van der Waals surface area (Å²) in [4.78, 5) is 12.1. The van der Waals surface area contributed by atoms with E-state index in [4.69, 9.17) is 5.26 Å². The average Bonchev–Trinajstić information content (AvgIpc) is 2.87. The molecule has 18 heavy (non-hydrogen) atoms. The largest absolute Gasteiger partial charge is 0.298 e. The van der Waals surface area contributed by atoms with Crippen molar-refractivity contribution in [3.63, 3.8) is 0 Å². The lowest BCUT2D eigenvalue weighted by Crippen LogP contribution is -2.16. The number of nitrogens with zero attached hydrogens (tertiary/aromatic N) is 1. The summed E-state index contributed by atoms with van der Waals surface area (Å²) in [5.74, 6) is -3.05. The number of ketones is 1. The summed E-state index contributed by atoms with van der Waals surface area (Å²) in [5, 5.41) is 9.06. The van der Waals surface area contributed by atoms with Crippen molar-refractivity contribution >= 4 is 5.78 Å². The fourth-order valence-corrected chi connectivity index (χ4v) is 2.20. The standard InChI is InChI=1S/C14H13F2NO/c1-14(2)6-12(14)13(18)11(7-17)8-3-9(15)5-10(16)4-8/h3-5,11-12H,6H2,1-2H3. The Labute approximate surface area is 104 Å². The maximum Gasteiger partial charge on any atom is 0.158 e. The number of rotatable bonds is 3. The molecule has 2 rings (SSSR count). The number of hydrogen-bond acceptors (Lipinski definition) is 2. The molecule has 1 aromatic carbocycles. The van der Waals surface area contributed by atoms with Crippen LogP contribution in [0.2, 0.25) is 0 Å². The Morgan fingerprint density at radius 2 is 1.89 bits per heavy atom. The molecule has 1 fully saturated rings. The van der Waals surface area contributed by atoms with E-state index in [2.05, 4.69) is 0 Å². The van der Waals surface area contributed by atoms with Crippen LogP contribution in [-0.4, -0.2) is 5.78 Å². The molecule has 0 aliphatic heterocycles. The van der Waals surface area contributed by atoms with E-state index >= 15 is 0 Å². The third-order valence-electron chi connectivity index (χ3n) is 3.49. The molecule has 0 bridgehead atoms. The van der Waals surface area contributed by atoms with Gasteiger partial charge >= 0.3 is 0 Å². The third-order valence-corrected chi connectivity index (χ3v) is 3.49. The van der Waals surface area contributed by atoms with Gasteiger partial charge in [-0.15, -0.1) is 0 Å². The van der Waals surface area contributed by atoms with Crippen molar-refractivity contribution < 1.29 is 13.6 Å². The first kappa shape index (κ1) is 12.7. The average molecular weight is 249 g/mol. The van der Waals surface area contributed by atoms with Gasteiger partial charge in [-0.05, 0) is 29.5 Å². The summed E-state index contributed by atoms with van der Waals surface area (Å²) in [6.45, 7) is 3.88. The first-order chi connectivity index (χ1) is 8.35. The molecule has 2 atom stereocenters. The lowest BCUT2D eigenvalue weighted by molar-refractivity contribution is -0.121. The summed E-state index contributed by atoms with van der Waals surface area (Å²) in [5.41, 5.74) is 0.000568. The molecular formula is C14H13F2NO. The first-order valence-corrected chi connectivity index (χ1v) is 5.74. The number of carbonyl (C=O) groups is 1. The summed E-state index contributed by atoms with van der Waals surface area (Å²) in [6.07, 6.45) is 0.724. The van der Waals surface area contributed by atoms with Crippen molar-refractivity contribution in [2.24, 2.45) is 11.3 Å². The first-order valence-electron chi connectivity index (χ1n) is 5.74. The van der Waals surface area contributed by atoms with Crippen LogP contribution in [0.15, 0.2) is 18.2 Å². The monoisotopic (exact) mass is 249 g/mol. The Hall–Kier alpha value is -1.76. The molecule has 2 nitrogen and oxygen atoms in total. The van der Waals surface area contributed by atoms with Gasteiger partial charge in [0.1, 0.15) is 17.6 Å². The number of Topliss-reactive ketones (excluding diaryl/α,β-unsaturated/α-hetero) is 1. The van der Waals surface area contributed by atoms with Crippen molar-refractivity contribution in [1.29, 1.82) is 5.26 Å². The Morgan fingerprint density at radius 1 is 1.39 bits per heavy atom. The van der Waals surface area contributed by atoms with Gasteiger partial charge in [-0.25, -0.2) is 8.78 Å². The van der Waals surface area contributed by atoms with Crippen LogP contribution in [0.25, 0.3) is 0 Å². The Bertz CT molecular complexity index is 525. The minimum Gasteiger partial charge on any atom is -0.298 e. The summed E-state index contributed by atoms with van der Waals surface area (Å²) in [6, 6.07) is 4.67. The predicted octanol–water partition coefficient (Wildman–Crippen LogP) is 3.19. The quantitative estimate of drug-likeness (QED) is 0.825. The van der Waals surface area contributed by atoms with E-state index in [9.17, 15) is 13.6 Å². The SMILES string of the molecule is CC1(C)CC1C(=O)C(C#N)c1cc(F)cc(F)c1. The second kappa shape index (κ2) is 4.16. The molecule has 1 aliphatic carbocycles. The van der Waals surface area contributed by atoms with Crippen LogP contribution < -0.4 is 0 Å². The maximum absolute atomic E-state index is 13.1. The highest BCUT2D eigenvalue weighted by Crippen LogP contribution is 2.53. The molecule has 0 radical (unpaired) electrons. The van der Waals surface area contributed by atoms with Crippen LogP contribution in [0.4, 0.5) is 8.78 Å². The normalized spacial score (nSPS) is 22.1. The molecule has 0 aromatic heterocycles. The Morgan fingerprint density at radius 3 is 2.28 bits per heavy atom. The zero-order valence-electron chi connectivity index (χ0n) is 10.2. The van der Waals surface area contributed by atoms with Gasteiger partial charge in [0.15, 0.2) is 5.78 Å². The minimum atomic E-state index is -1.08. The van der Waals surface area contributed by atoms with Crippen molar-refractivity contribution in [2.75, 3.05) is 0 Å². The van der Waals surface area contributed by atoms with E-state index in [1.54, 1.807) is 0 Å². The minimum absolute atomic E-state index is 0.0992. The molecule has 94 valence electrons. The molecule has 4 heteroatoms. The Balaban J connectivity index is 2.29. The van der Waals surface area contributed by atoms with Gasteiger partial charge in [-0.3, -0.25) is 4.79 Å². The second-order valence-electron chi connectivity index (χ2n) is 5.41. The summed E-state index contributed by atoms with van der Waals surface area (Å²) >= 11 is 0. The van der Waals surface area contributed by atoms with Crippen molar-refractivity contribution in [3.8, 4) is 6.07 Å². The lowest BCUT2D eigenvalue weighted by Gasteiger charge is -2.10. The number of halogens is 2. The van der Waals surface area contributed by atoms with Crippen molar-refractivity contribution in [1.82, 2.24) is 0 Å². The molecule has 0 heterocycles. The molecule has 0 spiro atoms. The fraction of sp³-hybridized carbons (Fsp3) is 0.429. The molecule has 2 unspecified atom stereocenters. The highest BCUT2D eigenvalue weighted by Gasteiger charge is 2.52. The Kier molecular flexibility index (Phi) is 2.94.